The monoisotopic (exact) mass is 275 g/mol. The number of amides is 1. The number of rotatable bonds is 2. The van der Waals surface area contributed by atoms with Crippen LogP contribution < -0.4 is 9.64 Å². The van der Waals surface area contributed by atoms with Crippen LogP contribution in [0.4, 0.5) is 5.69 Å². The van der Waals surface area contributed by atoms with Crippen LogP contribution in [0.3, 0.4) is 0 Å². The number of Topliss-reactive ketones (excluding diaryl/α,β-unsaturated/α-hetero) is 1. The van der Waals surface area contributed by atoms with Gasteiger partial charge in [0.1, 0.15) is 5.75 Å². The number of fused-ring (bicyclic) bond motifs is 1. The Morgan fingerprint density at radius 3 is 2.70 bits per heavy atom. The summed E-state index contributed by atoms with van der Waals surface area (Å²) in [7, 11) is 1.72. The van der Waals surface area contributed by atoms with E-state index in [2.05, 4.69) is 0 Å². The molecule has 108 valence electrons. The average molecular weight is 275 g/mol. The second-order valence-corrected chi connectivity index (χ2v) is 6.39. The lowest BCUT2D eigenvalue weighted by Gasteiger charge is -2.19. The minimum absolute atomic E-state index is 0.00386. The molecule has 0 saturated carbocycles. The zero-order chi connectivity index (χ0) is 14.9. The van der Waals surface area contributed by atoms with Crippen molar-refractivity contribution < 1.29 is 14.3 Å². The molecule has 4 heteroatoms. The number of benzene rings is 1. The molecule has 0 radical (unpaired) electrons. The highest BCUT2D eigenvalue weighted by Gasteiger charge is 2.23. The van der Waals surface area contributed by atoms with Gasteiger partial charge in [-0.2, -0.15) is 0 Å². The Bertz CT molecular complexity index is 543. The molecule has 0 fully saturated rings. The Morgan fingerprint density at radius 2 is 2.05 bits per heavy atom. The molecule has 1 heterocycles. The summed E-state index contributed by atoms with van der Waals surface area (Å²) < 4.78 is 5.55. The van der Waals surface area contributed by atoms with E-state index < -0.39 is 0 Å². The first-order valence-corrected chi connectivity index (χ1v) is 6.84. The van der Waals surface area contributed by atoms with E-state index in [0.29, 0.717) is 36.4 Å². The van der Waals surface area contributed by atoms with Gasteiger partial charge in [-0.05, 0) is 23.6 Å². The van der Waals surface area contributed by atoms with Gasteiger partial charge in [-0.25, -0.2) is 0 Å². The van der Waals surface area contributed by atoms with Crippen molar-refractivity contribution in [3.63, 3.8) is 0 Å². The van der Waals surface area contributed by atoms with Gasteiger partial charge in [0.05, 0.1) is 18.7 Å². The minimum Gasteiger partial charge on any atom is -0.491 e. The van der Waals surface area contributed by atoms with E-state index >= 15 is 0 Å². The Hall–Kier alpha value is -1.84. The Kier molecular flexibility index (Phi) is 3.84. The number of anilines is 1. The Labute approximate surface area is 119 Å². The third kappa shape index (κ3) is 3.18. The molecule has 1 aliphatic heterocycles. The summed E-state index contributed by atoms with van der Waals surface area (Å²) in [5.41, 5.74) is 1.25. The molecule has 1 aliphatic rings. The summed E-state index contributed by atoms with van der Waals surface area (Å²) in [4.78, 5) is 25.7. The lowest BCUT2D eigenvalue weighted by Crippen LogP contribution is -2.25. The van der Waals surface area contributed by atoms with Crippen LogP contribution in [0.5, 0.6) is 5.75 Å². The van der Waals surface area contributed by atoms with Crippen LogP contribution in [0.1, 0.15) is 44.0 Å². The van der Waals surface area contributed by atoms with E-state index in [9.17, 15) is 9.59 Å². The van der Waals surface area contributed by atoms with Gasteiger partial charge in [-0.3, -0.25) is 9.59 Å². The summed E-state index contributed by atoms with van der Waals surface area (Å²) in [6.45, 7) is 6.48. The standard InChI is InChI=1S/C16H21NO3/c1-16(2,3)10-13(18)11-5-6-14-12(9-11)17(4)15(19)7-8-20-14/h5-6,9H,7-8,10H2,1-4H3. The van der Waals surface area contributed by atoms with Gasteiger partial charge in [0.2, 0.25) is 5.91 Å². The smallest absolute Gasteiger partial charge is 0.230 e. The first kappa shape index (κ1) is 14.6. The molecule has 0 spiro atoms. The maximum atomic E-state index is 12.3. The molecular formula is C16H21NO3. The summed E-state index contributed by atoms with van der Waals surface area (Å²) in [6.07, 6.45) is 0.834. The summed E-state index contributed by atoms with van der Waals surface area (Å²) in [5, 5.41) is 0. The molecule has 2 rings (SSSR count). The lowest BCUT2D eigenvalue weighted by atomic mass is 9.88. The Balaban J connectivity index is 2.33. The lowest BCUT2D eigenvalue weighted by molar-refractivity contribution is -0.118. The van der Waals surface area contributed by atoms with Crippen molar-refractivity contribution in [2.45, 2.75) is 33.6 Å². The number of carbonyl (C=O) groups is 2. The van der Waals surface area contributed by atoms with Gasteiger partial charge in [-0.15, -0.1) is 0 Å². The molecule has 1 aromatic carbocycles. The zero-order valence-corrected chi connectivity index (χ0v) is 12.5. The third-order valence-corrected chi connectivity index (χ3v) is 3.28. The van der Waals surface area contributed by atoms with Crippen LogP contribution in [0.15, 0.2) is 18.2 Å². The first-order valence-electron chi connectivity index (χ1n) is 6.84. The van der Waals surface area contributed by atoms with Gasteiger partial charge < -0.3 is 9.64 Å². The number of ketones is 1. The van der Waals surface area contributed by atoms with Crippen LogP contribution in [-0.4, -0.2) is 25.3 Å². The van der Waals surface area contributed by atoms with Crippen molar-refractivity contribution in [1.82, 2.24) is 0 Å². The fourth-order valence-electron chi connectivity index (χ4n) is 2.21. The van der Waals surface area contributed by atoms with Crippen LogP contribution in [0, 0.1) is 5.41 Å². The van der Waals surface area contributed by atoms with E-state index in [1.165, 1.54) is 0 Å². The highest BCUT2D eigenvalue weighted by atomic mass is 16.5. The number of ether oxygens (including phenoxy) is 1. The highest BCUT2D eigenvalue weighted by molar-refractivity contribution is 6.00. The predicted octanol–water partition coefficient (Wildman–Crippen LogP) is 3.05. The molecule has 0 aromatic heterocycles. The molecule has 20 heavy (non-hydrogen) atoms. The van der Waals surface area contributed by atoms with Crippen molar-refractivity contribution >= 4 is 17.4 Å². The number of hydrogen-bond acceptors (Lipinski definition) is 3. The molecule has 1 amide bonds. The first-order chi connectivity index (χ1) is 9.28. The fourth-order valence-corrected chi connectivity index (χ4v) is 2.21. The molecule has 0 aliphatic carbocycles. The van der Waals surface area contributed by atoms with E-state index in [0.717, 1.165) is 0 Å². The van der Waals surface area contributed by atoms with Crippen molar-refractivity contribution in [3.05, 3.63) is 23.8 Å². The predicted molar refractivity (Wildman–Crippen MR) is 78.4 cm³/mol. The maximum absolute atomic E-state index is 12.3. The third-order valence-electron chi connectivity index (χ3n) is 3.28. The Morgan fingerprint density at radius 1 is 1.35 bits per heavy atom. The van der Waals surface area contributed by atoms with Crippen molar-refractivity contribution in [2.75, 3.05) is 18.6 Å². The van der Waals surface area contributed by atoms with Crippen molar-refractivity contribution in [1.29, 1.82) is 0 Å². The molecule has 1 aromatic rings. The largest absolute Gasteiger partial charge is 0.491 e. The molecule has 0 saturated heterocycles. The normalized spacial score (nSPS) is 15.4. The van der Waals surface area contributed by atoms with Crippen LogP contribution >= 0.6 is 0 Å². The second kappa shape index (κ2) is 5.27. The maximum Gasteiger partial charge on any atom is 0.230 e. The SMILES string of the molecule is CN1C(=O)CCOc2ccc(C(=O)CC(C)(C)C)cc21. The van der Waals surface area contributed by atoms with E-state index in [-0.39, 0.29) is 17.1 Å². The van der Waals surface area contributed by atoms with Gasteiger partial charge in [0, 0.05) is 19.0 Å². The van der Waals surface area contributed by atoms with Gasteiger partial charge in [-0.1, -0.05) is 20.8 Å². The molecule has 0 unspecified atom stereocenters. The zero-order valence-electron chi connectivity index (χ0n) is 12.5. The van der Waals surface area contributed by atoms with Gasteiger partial charge >= 0.3 is 0 Å². The van der Waals surface area contributed by atoms with Gasteiger partial charge in [0.25, 0.3) is 0 Å². The van der Waals surface area contributed by atoms with E-state index in [1.807, 2.05) is 20.8 Å². The van der Waals surface area contributed by atoms with E-state index in [4.69, 9.17) is 4.74 Å². The second-order valence-electron chi connectivity index (χ2n) is 6.39. The quantitative estimate of drug-likeness (QED) is 0.779. The number of carbonyl (C=O) groups excluding carboxylic acids is 2. The van der Waals surface area contributed by atoms with Crippen molar-refractivity contribution in [2.24, 2.45) is 5.41 Å². The summed E-state index contributed by atoms with van der Waals surface area (Å²) >= 11 is 0. The molecule has 4 nitrogen and oxygen atoms in total. The van der Waals surface area contributed by atoms with Crippen LogP contribution in [0.2, 0.25) is 0 Å². The highest BCUT2D eigenvalue weighted by Crippen LogP contribution is 2.32. The molecule has 0 bridgehead atoms. The van der Waals surface area contributed by atoms with Crippen molar-refractivity contribution in [3.8, 4) is 5.75 Å². The molecule has 0 atom stereocenters. The van der Waals surface area contributed by atoms with Gasteiger partial charge in [0.15, 0.2) is 5.78 Å². The summed E-state index contributed by atoms with van der Waals surface area (Å²) in [6, 6.07) is 5.31. The van der Waals surface area contributed by atoms with E-state index in [1.54, 1.807) is 30.1 Å². The summed E-state index contributed by atoms with van der Waals surface area (Å²) in [5.74, 6) is 0.750. The minimum atomic E-state index is -0.0535. The number of nitrogens with zero attached hydrogens (tertiary/aromatic N) is 1. The van der Waals surface area contributed by atoms with Crippen LogP contribution in [-0.2, 0) is 4.79 Å². The topological polar surface area (TPSA) is 46.6 Å². The fraction of sp³-hybridized carbons (Fsp3) is 0.500. The molecule has 0 N–H and O–H groups in total. The molecular weight excluding hydrogens is 254 g/mol. The van der Waals surface area contributed by atoms with Crippen LogP contribution in [0.25, 0.3) is 0 Å². The average Bonchev–Trinajstić information content (AvgIpc) is 2.48. The number of hydrogen-bond donors (Lipinski definition) is 0.